The summed E-state index contributed by atoms with van der Waals surface area (Å²) in [5.74, 6) is -1.34. The minimum absolute atomic E-state index is 0.0501. The van der Waals surface area contributed by atoms with Crippen molar-refractivity contribution in [3.63, 3.8) is 0 Å². The molecule has 0 saturated carbocycles. The van der Waals surface area contributed by atoms with E-state index in [0.717, 1.165) is 12.3 Å². The van der Waals surface area contributed by atoms with Crippen molar-refractivity contribution in [3.05, 3.63) is 27.9 Å². The highest BCUT2D eigenvalue weighted by atomic mass is 16.6. The van der Waals surface area contributed by atoms with Crippen molar-refractivity contribution in [3.8, 4) is 0 Å². The minimum atomic E-state index is -1.29. The number of aliphatic hydroxyl groups is 1. The van der Waals surface area contributed by atoms with Crippen LogP contribution in [0.5, 0.6) is 0 Å². The molecule has 0 fully saturated rings. The van der Waals surface area contributed by atoms with Crippen molar-refractivity contribution in [1.82, 2.24) is 4.98 Å². The third-order valence-electron chi connectivity index (χ3n) is 2.37. The first-order chi connectivity index (χ1) is 8.49. The Morgan fingerprint density at radius 2 is 2.33 bits per heavy atom. The second-order valence-electron chi connectivity index (χ2n) is 3.59. The summed E-state index contributed by atoms with van der Waals surface area (Å²) in [7, 11) is 0. The molecule has 0 saturated heterocycles. The van der Waals surface area contributed by atoms with Gasteiger partial charge in [-0.1, -0.05) is 6.92 Å². The van der Waals surface area contributed by atoms with Crippen LogP contribution in [0.2, 0.25) is 0 Å². The van der Waals surface area contributed by atoms with Crippen LogP contribution in [0.15, 0.2) is 12.3 Å². The summed E-state index contributed by atoms with van der Waals surface area (Å²) in [5.41, 5.74) is -0.689. The first-order valence-corrected chi connectivity index (χ1v) is 5.24. The number of anilines is 1. The topological polar surface area (TPSA) is 126 Å². The molecule has 1 atom stereocenters. The second-order valence-corrected chi connectivity index (χ2v) is 3.59. The molecule has 98 valence electrons. The van der Waals surface area contributed by atoms with Gasteiger partial charge in [0.2, 0.25) is 5.82 Å². The van der Waals surface area contributed by atoms with E-state index >= 15 is 0 Å². The third-order valence-corrected chi connectivity index (χ3v) is 2.37. The Balaban J connectivity index is 3.11. The summed E-state index contributed by atoms with van der Waals surface area (Å²) in [6.45, 7) is 1.60. The number of carboxylic acids is 1. The molecule has 0 amide bonds. The number of carboxylic acid groups (broad SMARTS) is 1. The summed E-state index contributed by atoms with van der Waals surface area (Å²) in [6, 6.07) is 0.564. The van der Waals surface area contributed by atoms with Crippen LogP contribution in [0, 0.1) is 10.1 Å². The SMILES string of the molecule is CCC(CO)Nc1ncc(C(=O)O)cc1[N+](=O)[O-]. The molecule has 0 aliphatic heterocycles. The Kier molecular flexibility index (Phi) is 4.55. The number of pyridine rings is 1. The minimum Gasteiger partial charge on any atom is -0.478 e. The van der Waals surface area contributed by atoms with Gasteiger partial charge in [0.1, 0.15) is 0 Å². The molecule has 18 heavy (non-hydrogen) atoms. The molecule has 3 N–H and O–H groups in total. The number of aliphatic hydroxyl groups excluding tert-OH is 1. The molecular formula is C10H13N3O5. The van der Waals surface area contributed by atoms with Crippen LogP contribution in [0.1, 0.15) is 23.7 Å². The van der Waals surface area contributed by atoms with Gasteiger partial charge in [-0.05, 0) is 6.42 Å². The van der Waals surface area contributed by atoms with Crippen molar-refractivity contribution < 1.29 is 19.9 Å². The fourth-order valence-electron chi connectivity index (χ4n) is 1.29. The van der Waals surface area contributed by atoms with Crippen LogP contribution in [-0.4, -0.2) is 38.7 Å². The molecule has 8 heteroatoms. The van der Waals surface area contributed by atoms with Crippen LogP contribution in [-0.2, 0) is 0 Å². The van der Waals surface area contributed by atoms with E-state index in [0.29, 0.717) is 6.42 Å². The second kappa shape index (κ2) is 5.92. The number of aromatic nitrogens is 1. The van der Waals surface area contributed by atoms with Crippen LogP contribution in [0.4, 0.5) is 11.5 Å². The largest absolute Gasteiger partial charge is 0.478 e. The summed E-state index contributed by atoms with van der Waals surface area (Å²) in [6.07, 6.45) is 1.58. The average molecular weight is 255 g/mol. The molecule has 0 aliphatic carbocycles. The molecule has 1 heterocycles. The Bertz CT molecular complexity index is 459. The van der Waals surface area contributed by atoms with Gasteiger partial charge >= 0.3 is 11.7 Å². The van der Waals surface area contributed by atoms with Crippen molar-refractivity contribution in [2.75, 3.05) is 11.9 Å². The van der Waals surface area contributed by atoms with E-state index < -0.39 is 16.6 Å². The lowest BCUT2D eigenvalue weighted by Crippen LogP contribution is -2.24. The molecule has 1 aromatic rings. The monoisotopic (exact) mass is 255 g/mol. The summed E-state index contributed by atoms with van der Waals surface area (Å²) in [5, 5.41) is 31.3. The quantitative estimate of drug-likeness (QED) is 0.508. The third kappa shape index (κ3) is 3.14. The van der Waals surface area contributed by atoms with Gasteiger partial charge in [-0.15, -0.1) is 0 Å². The molecule has 1 unspecified atom stereocenters. The molecule has 0 radical (unpaired) electrons. The van der Waals surface area contributed by atoms with Gasteiger partial charge in [-0.2, -0.15) is 0 Å². The van der Waals surface area contributed by atoms with Crippen LogP contribution < -0.4 is 5.32 Å². The number of hydrogen-bond acceptors (Lipinski definition) is 6. The van der Waals surface area contributed by atoms with E-state index in [1.807, 2.05) is 0 Å². The molecule has 0 aliphatic rings. The number of hydrogen-bond donors (Lipinski definition) is 3. The number of carbonyl (C=O) groups is 1. The number of rotatable bonds is 6. The number of nitrogens with one attached hydrogen (secondary N) is 1. The van der Waals surface area contributed by atoms with Gasteiger partial charge in [0.25, 0.3) is 0 Å². The van der Waals surface area contributed by atoms with E-state index in [2.05, 4.69) is 10.3 Å². The molecule has 1 aromatic heterocycles. The predicted molar refractivity (Wildman–Crippen MR) is 62.6 cm³/mol. The van der Waals surface area contributed by atoms with Gasteiger partial charge < -0.3 is 15.5 Å². The maximum atomic E-state index is 10.8. The van der Waals surface area contributed by atoms with Crippen molar-refractivity contribution >= 4 is 17.5 Å². The van der Waals surface area contributed by atoms with Gasteiger partial charge in [0.15, 0.2) is 0 Å². The van der Waals surface area contributed by atoms with Crippen molar-refractivity contribution in [2.24, 2.45) is 0 Å². The maximum Gasteiger partial charge on any atom is 0.337 e. The zero-order valence-electron chi connectivity index (χ0n) is 9.66. The fourth-order valence-corrected chi connectivity index (χ4v) is 1.29. The van der Waals surface area contributed by atoms with Gasteiger partial charge in [-0.3, -0.25) is 10.1 Å². The number of nitrogens with zero attached hydrogens (tertiary/aromatic N) is 2. The average Bonchev–Trinajstić information content (AvgIpc) is 2.35. The van der Waals surface area contributed by atoms with Crippen molar-refractivity contribution in [1.29, 1.82) is 0 Å². The van der Waals surface area contributed by atoms with E-state index in [1.165, 1.54) is 0 Å². The molecule has 0 bridgehead atoms. The zero-order valence-corrected chi connectivity index (χ0v) is 9.66. The lowest BCUT2D eigenvalue weighted by Gasteiger charge is -2.14. The molecule has 8 nitrogen and oxygen atoms in total. The number of nitro groups is 1. The summed E-state index contributed by atoms with van der Waals surface area (Å²) in [4.78, 5) is 24.5. The first-order valence-electron chi connectivity index (χ1n) is 5.24. The van der Waals surface area contributed by atoms with Crippen LogP contribution in [0.3, 0.4) is 0 Å². The lowest BCUT2D eigenvalue weighted by atomic mass is 10.2. The van der Waals surface area contributed by atoms with Gasteiger partial charge in [0.05, 0.1) is 23.1 Å². The van der Waals surface area contributed by atoms with Crippen LogP contribution in [0.25, 0.3) is 0 Å². The molecule has 0 spiro atoms. The van der Waals surface area contributed by atoms with E-state index in [-0.39, 0.29) is 24.0 Å². The van der Waals surface area contributed by atoms with E-state index in [1.54, 1.807) is 6.92 Å². The predicted octanol–water partition coefficient (Wildman–Crippen LogP) is 0.871. The fraction of sp³-hybridized carbons (Fsp3) is 0.400. The van der Waals surface area contributed by atoms with E-state index in [4.69, 9.17) is 10.2 Å². The first kappa shape index (κ1) is 13.8. The summed E-state index contributed by atoms with van der Waals surface area (Å²) < 4.78 is 0. The van der Waals surface area contributed by atoms with E-state index in [9.17, 15) is 14.9 Å². The summed E-state index contributed by atoms with van der Waals surface area (Å²) >= 11 is 0. The maximum absolute atomic E-state index is 10.8. The molecule has 0 aromatic carbocycles. The number of aromatic carboxylic acids is 1. The van der Waals surface area contributed by atoms with Crippen molar-refractivity contribution in [2.45, 2.75) is 19.4 Å². The highest BCUT2D eigenvalue weighted by Gasteiger charge is 2.20. The Labute approximate surface area is 102 Å². The smallest absolute Gasteiger partial charge is 0.337 e. The normalized spacial score (nSPS) is 11.9. The highest BCUT2D eigenvalue weighted by molar-refractivity contribution is 5.88. The standard InChI is InChI=1S/C10H13N3O5/c1-2-7(5-14)12-9-8(13(17)18)3-6(4-11-9)10(15)16/h3-4,7,14H,2,5H2,1H3,(H,11,12)(H,15,16). The highest BCUT2D eigenvalue weighted by Crippen LogP contribution is 2.23. The van der Waals surface area contributed by atoms with Crippen LogP contribution >= 0.6 is 0 Å². The Morgan fingerprint density at radius 1 is 1.67 bits per heavy atom. The zero-order chi connectivity index (χ0) is 13.7. The molecule has 1 rings (SSSR count). The Hall–Kier alpha value is -2.22. The van der Waals surface area contributed by atoms with Gasteiger partial charge in [-0.25, -0.2) is 9.78 Å². The Morgan fingerprint density at radius 3 is 2.78 bits per heavy atom. The van der Waals surface area contributed by atoms with Gasteiger partial charge in [0, 0.05) is 12.3 Å². The lowest BCUT2D eigenvalue weighted by molar-refractivity contribution is -0.384. The molecular weight excluding hydrogens is 242 g/mol.